The number of carbonyl (C=O) groups is 1. The number of carboxylic acid groups (broad SMARTS) is 1. The Hall–Kier alpha value is -6.03. The van der Waals surface area contributed by atoms with Crippen molar-refractivity contribution in [3.05, 3.63) is 133 Å². The maximum atomic E-state index is 14.4. The van der Waals surface area contributed by atoms with Crippen molar-refractivity contribution in [2.45, 2.75) is 44.3 Å². The first kappa shape index (κ1) is 30.3. The molecular weight excluding hydrogens is 617 g/mol. The second kappa shape index (κ2) is 12.5. The third-order valence-electron chi connectivity index (χ3n) is 9.64. The van der Waals surface area contributed by atoms with E-state index in [-0.39, 0.29) is 23.5 Å². The first-order valence-electron chi connectivity index (χ1n) is 16.4. The van der Waals surface area contributed by atoms with Crippen molar-refractivity contribution in [3.8, 4) is 11.3 Å². The van der Waals surface area contributed by atoms with Crippen LogP contribution in [0.3, 0.4) is 0 Å². The highest BCUT2D eigenvalue weighted by Gasteiger charge is 2.31. The molecule has 0 amide bonds. The summed E-state index contributed by atoms with van der Waals surface area (Å²) >= 11 is 0. The predicted octanol–water partition coefficient (Wildman–Crippen LogP) is 8.24. The Morgan fingerprint density at radius 1 is 0.878 bits per heavy atom. The number of nitrogen functional groups attached to an aromatic ring is 1. The zero-order chi connectivity index (χ0) is 33.5. The number of rotatable bonds is 8. The molecule has 0 saturated heterocycles. The summed E-state index contributed by atoms with van der Waals surface area (Å²) in [5, 5.41) is 16.6. The second-order valence-electron chi connectivity index (χ2n) is 12.6. The van der Waals surface area contributed by atoms with Gasteiger partial charge >= 0.3 is 5.97 Å². The molecule has 3 heterocycles. The number of hydrogen-bond acceptors (Lipinski definition) is 6. The van der Waals surface area contributed by atoms with Gasteiger partial charge < -0.3 is 20.3 Å². The van der Waals surface area contributed by atoms with E-state index in [1.54, 1.807) is 30.3 Å². The fourth-order valence-corrected chi connectivity index (χ4v) is 7.26. The Bertz CT molecular complexity index is 2310. The van der Waals surface area contributed by atoms with Crippen LogP contribution in [0.15, 0.2) is 116 Å². The molecule has 0 unspecified atom stereocenters. The molecular formula is C39H34FN7O2. The number of fused-ring (bicyclic) bond motifs is 2. The van der Waals surface area contributed by atoms with E-state index < -0.39 is 5.97 Å². The largest absolute Gasteiger partial charge is 0.478 e. The van der Waals surface area contributed by atoms with Crippen molar-refractivity contribution < 1.29 is 14.3 Å². The molecule has 3 aromatic heterocycles. The van der Waals surface area contributed by atoms with Crippen molar-refractivity contribution in [2.24, 2.45) is 0 Å². The molecule has 0 spiro atoms. The Morgan fingerprint density at radius 3 is 2.45 bits per heavy atom. The molecule has 244 valence electrons. The summed E-state index contributed by atoms with van der Waals surface area (Å²) in [4.78, 5) is 23.1. The van der Waals surface area contributed by atoms with Crippen molar-refractivity contribution in [3.63, 3.8) is 0 Å². The molecule has 8 rings (SSSR count). The molecule has 4 aromatic carbocycles. The zero-order valence-corrected chi connectivity index (χ0v) is 26.7. The number of para-hydroxylation sites is 1. The van der Waals surface area contributed by atoms with E-state index in [0.717, 1.165) is 64.6 Å². The molecule has 0 radical (unpaired) electrons. The monoisotopic (exact) mass is 651 g/mol. The van der Waals surface area contributed by atoms with E-state index in [0.29, 0.717) is 23.6 Å². The number of nitrogens with two attached hydrogens (primary N) is 1. The number of aromatic carboxylic acids is 1. The summed E-state index contributed by atoms with van der Waals surface area (Å²) in [6.45, 7) is 0.434. The van der Waals surface area contributed by atoms with Gasteiger partial charge in [-0.3, -0.25) is 0 Å². The number of carboxylic acids is 1. The van der Waals surface area contributed by atoms with Gasteiger partial charge in [0, 0.05) is 45.6 Å². The van der Waals surface area contributed by atoms with E-state index >= 15 is 0 Å². The Balaban J connectivity index is 1.09. The Morgan fingerprint density at radius 2 is 1.65 bits per heavy atom. The molecule has 9 nitrogen and oxygen atoms in total. The summed E-state index contributed by atoms with van der Waals surface area (Å²) in [7, 11) is 0. The van der Waals surface area contributed by atoms with Crippen LogP contribution in [0, 0.1) is 5.82 Å². The number of benzene rings is 4. The Labute approximate surface area is 282 Å². The third kappa shape index (κ3) is 5.65. The van der Waals surface area contributed by atoms with Crippen LogP contribution in [-0.4, -0.2) is 41.4 Å². The quantitative estimate of drug-likeness (QED) is 0.170. The summed E-state index contributed by atoms with van der Waals surface area (Å²) < 4.78 is 18.5. The molecule has 0 atom stereocenters. The topological polar surface area (TPSA) is 115 Å². The van der Waals surface area contributed by atoms with E-state index in [1.165, 1.54) is 12.4 Å². The van der Waals surface area contributed by atoms with Gasteiger partial charge in [-0.15, -0.1) is 0 Å². The molecule has 3 N–H and O–H groups in total. The minimum absolute atomic E-state index is 0.0929. The standard InChI is InChI=1S/C39H34FN7O2/c40-33-12-5-4-7-28(33)23-45-20-19-25-21-26(13-18-34(25)45)36-35-37(41)42-24-43-38(35)47(44-36)31-16-14-30(15-17-31)46(29-9-2-1-3-10-29)32-11-6-8-27(22-32)39(48)49/h1-13,18-22,24,30-31H,14-17,23H2,(H,48,49)(H2,41,42,43)/t30-,31-. The minimum atomic E-state index is -0.944. The average Bonchev–Trinajstić information content (AvgIpc) is 3.72. The molecule has 0 aliphatic heterocycles. The van der Waals surface area contributed by atoms with Crippen LogP contribution in [-0.2, 0) is 6.54 Å². The van der Waals surface area contributed by atoms with Gasteiger partial charge in [0.15, 0.2) is 5.65 Å². The van der Waals surface area contributed by atoms with E-state index in [9.17, 15) is 14.3 Å². The molecule has 1 fully saturated rings. The molecule has 1 aliphatic carbocycles. The first-order valence-corrected chi connectivity index (χ1v) is 16.4. The molecule has 10 heteroatoms. The van der Waals surface area contributed by atoms with Crippen LogP contribution in [0.2, 0.25) is 0 Å². The van der Waals surface area contributed by atoms with E-state index in [1.807, 2.05) is 64.0 Å². The number of hydrogen-bond donors (Lipinski definition) is 2. The van der Waals surface area contributed by atoms with Gasteiger partial charge in [-0.2, -0.15) is 5.10 Å². The maximum absolute atomic E-state index is 14.4. The Kier molecular flexibility index (Phi) is 7.75. The molecule has 1 saturated carbocycles. The van der Waals surface area contributed by atoms with Gasteiger partial charge in [0.2, 0.25) is 0 Å². The van der Waals surface area contributed by atoms with Crippen LogP contribution >= 0.6 is 0 Å². The lowest BCUT2D eigenvalue weighted by atomic mass is 9.89. The number of aromatic nitrogens is 5. The highest BCUT2D eigenvalue weighted by molar-refractivity contribution is 6.00. The van der Waals surface area contributed by atoms with Crippen LogP contribution in [0.5, 0.6) is 0 Å². The fraction of sp³-hybridized carbons (Fsp3) is 0.179. The van der Waals surface area contributed by atoms with Gasteiger partial charge in [-0.1, -0.05) is 48.5 Å². The lowest BCUT2D eigenvalue weighted by molar-refractivity contribution is 0.0697. The minimum Gasteiger partial charge on any atom is -0.478 e. The van der Waals surface area contributed by atoms with Crippen molar-refractivity contribution in [1.82, 2.24) is 24.3 Å². The molecule has 0 bridgehead atoms. The van der Waals surface area contributed by atoms with Crippen LogP contribution in [0.1, 0.15) is 47.6 Å². The summed E-state index contributed by atoms with van der Waals surface area (Å²) in [5.41, 5.74) is 12.6. The van der Waals surface area contributed by atoms with Gasteiger partial charge in [-0.05, 0) is 80.3 Å². The highest BCUT2D eigenvalue weighted by Crippen LogP contribution is 2.40. The molecule has 1 aliphatic rings. The third-order valence-corrected chi connectivity index (χ3v) is 9.64. The normalized spacial score (nSPS) is 16.3. The highest BCUT2D eigenvalue weighted by atomic mass is 19.1. The van der Waals surface area contributed by atoms with Crippen molar-refractivity contribution in [1.29, 1.82) is 0 Å². The van der Waals surface area contributed by atoms with Crippen molar-refractivity contribution in [2.75, 3.05) is 10.6 Å². The van der Waals surface area contributed by atoms with Crippen LogP contribution in [0.25, 0.3) is 33.2 Å². The van der Waals surface area contributed by atoms with Crippen LogP contribution in [0.4, 0.5) is 21.6 Å². The average molecular weight is 652 g/mol. The number of halogens is 1. The van der Waals surface area contributed by atoms with E-state index in [4.69, 9.17) is 10.8 Å². The zero-order valence-electron chi connectivity index (χ0n) is 26.7. The summed E-state index contributed by atoms with van der Waals surface area (Å²) in [6, 6.07) is 32.6. The second-order valence-corrected chi connectivity index (χ2v) is 12.6. The molecule has 49 heavy (non-hydrogen) atoms. The summed E-state index contributed by atoms with van der Waals surface area (Å²) in [5.74, 6) is -0.783. The van der Waals surface area contributed by atoms with Crippen LogP contribution < -0.4 is 10.6 Å². The van der Waals surface area contributed by atoms with Gasteiger partial charge in [-0.25, -0.2) is 23.8 Å². The SMILES string of the molecule is Nc1ncnc2c1c(-c1ccc3c(ccn3Cc3ccccc3F)c1)nn2[C@H]1CC[C@H](N(c2ccccc2)c2cccc(C(=O)O)c2)CC1. The van der Waals surface area contributed by atoms with Gasteiger partial charge in [0.1, 0.15) is 23.7 Å². The maximum Gasteiger partial charge on any atom is 0.335 e. The smallest absolute Gasteiger partial charge is 0.335 e. The number of anilines is 3. The number of nitrogens with zero attached hydrogens (tertiary/aromatic N) is 6. The lowest BCUT2D eigenvalue weighted by Crippen LogP contribution is -2.35. The lowest BCUT2D eigenvalue weighted by Gasteiger charge is -2.38. The van der Waals surface area contributed by atoms with Gasteiger partial charge in [0.25, 0.3) is 0 Å². The predicted molar refractivity (Wildman–Crippen MR) is 189 cm³/mol. The fourth-order valence-electron chi connectivity index (χ4n) is 7.26. The van der Waals surface area contributed by atoms with E-state index in [2.05, 4.69) is 33.1 Å². The van der Waals surface area contributed by atoms with Gasteiger partial charge in [0.05, 0.1) is 23.5 Å². The first-order chi connectivity index (χ1) is 23.9. The summed E-state index contributed by atoms with van der Waals surface area (Å²) in [6.07, 6.45) is 6.91. The molecule has 7 aromatic rings. The van der Waals surface area contributed by atoms with Crippen molar-refractivity contribution >= 4 is 45.1 Å².